The number of morpholine rings is 1. The minimum atomic E-state index is 0.200. The Balaban J connectivity index is 1.41. The second-order valence-corrected chi connectivity index (χ2v) is 7.34. The van der Waals surface area contributed by atoms with Gasteiger partial charge in [-0.15, -0.1) is 0 Å². The molecule has 3 rings (SSSR count). The van der Waals surface area contributed by atoms with Crippen molar-refractivity contribution in [1.82, 2.24) is 15.1 Å². The fourth-order valence-corrected chi connectivity index (χ4v) is 4.07. The molecule has 3 aliphatic heterocycles. The van der Waals surface area contributed by atoms with Gasteiger partial charge in [-0.05, 0) is 51.1 Å². The lowest BCUT2D eigenvalue weighted by molar-refractivity contribution is -0.138. The van der Waals surface area contributed by atoms with Crippen LogP contribution in [0.25, 0.3) is 0 Å². The van der Waals surface area contributed by atoms with Crippen molar-refractivity contribution in [2.75, 3.05) is 52.5 Å². The molecular formula is C18H31N3O3. The van der Waals surface area contributed by atoms with E-state index in [1.807, 2.05) is 9.80 Å². The molecule has 0 aromatic rings. The lowest BCUT2D eigenvalue weighted by Crippen LogP contribution is -2.44. The predicted molar refractivity (Wildman–Crippen MR) is 91.5 cm³/mol. The highest BCUT2D eigenvalue weighted by Crippen LogP contribution is 2.25. The van der Waals surface area contributed by atoms with E-state index in [9.17, 15) is 9.59 Å². The van der Waals surface area contributed by atoms with Crippen LogP contribution in [0, 0.1) is 11.8 Å². The largest absolute Gasteiger partial charge is 0.378 e. The van der Waals surface area contributed by atoms with E-state index in [1.165, 1.54) is 0 Å². The van der Waals surface area contributed by atoms with Crippen molar-refractivity contribution in [2.24, 2.45) is 11.8 Å². The van der Waals surface area contributed by atoms with Gasteiger partial charge < -0.3 is 19.9 Å². The van der Waals surface area contributed by atoms with Gasteiger partial charge in [-0.3, -0.25) is 9.59 Å². The van der Waals surface area contributed by atoms with E-state index in [1.54, 1.807) is 0 Å². The molecule has 0 spiro atoms. The molecule has 24 heavy (non-hydrogen) atoms. The van der Waals surface area contributed by atoms with Crippen molar-refractivity contribution in [3.05, 3.63) is 0 Å². The molecule has 3 fully saturated rings. The van der Waals surface area contributed by atoms with Crippen LogP contribution in [0.15, 0.2) is 0 Å². The summed E-state index contributed by atoms with van der Waals surface area (Å²) < 4.78 is 5.30. The molecule has 3 saturated heterocycles. The van der Waals surface area contributed by atoms with Gasteiger partial charge in [0.25, 0.3) is 0 Å². The topological polar surface area (TPSA) is 61.9 Å². The Morgan fingerprint density at radius 3 is 2.42 bits per heavy atom. The van der Waals surface area contributed by atoms with Crippen molar-refractivity contribution in [1.29, 1.82) is 0 Å². The first kappa shape index (κ1) is 17.7. The highest BCUT2D eigenvalue weighted by atomic mass is 16.5. The number of ether oxygens (including phenoxy) is 1. The van der Waals surface area contributed by atoms with Gasteiger partial charge in [0.2, 0.25) is 11.8 Å². The number of nitrogens with zero attached hydrogens (tertiary/aromatic N) is 2. The normalized spacial score (nSPS) is 26.9. The van der Waals surface area contributed by atoms with Crippen LogP contribution in [0.1, 0.15) is 38.5 Å². The van der Waals surface area contributed by atoms with Gasteiger partial charge in [-0.2, -0.15) is 0 Å². The summed E-state index contributed by atoms with van der Waals surface area (Å²) in [6.45, 7) is 6.42. The summed E-state index contributed by atoms with van der Waals surface area (Å²) in [7, 11) is 0. The van der Waals surface area contributed by atoms with Crippen LogP contribution in [0.2, 0.25) is 0 Å². The van der Waals surface area contributed by atoms with Crippen molar-refractivity contribution < 1.29 is 14.3 Å². The molecule has 6 heteroatoms. The second kappa shape index (κ2) is 8.81. The van der Waals surface area contributed by atoms with Crippen LogP contribution < -0.4 is 5.32 Å². The molecule has 0 aliphatic carbocycles. The van der Waals surface area contributed by atoms with E-state index in [0.717, 1.165) is 71.4 Å². The first-order valence-corrected chi connectivity index (χ1v) is 9.59. The zero-order chi connectivity index (χ0) is 16.8. The van der Waals surface area contributed by atoms with Crippen LogP contribution in [0.5, 0.6) is 0 Å². The Kier molecular flexibility index (Phi) is 6.49. The summed E-state index contributed by atoms with van der Waals surface area (Å²) >= 11 is 0. The summed E-state index contributed by atoms with van der Waals surface area (Å²) in [6.07, 6.45) is 5.64. The minimum absolute atomic E-state index is 0.200. The van der Waals surface area contributed by atoms with Crippen molar-refractivity contribution in [3.8, 4) is 0 Å². The second-order valence-electron chi connectivity index (χ2n) is 7.34. The SMILES string of the molecule is O=C(CC1CCN(C(=O)C2CCCNCC2)CC1)N1CCOCC1. The lowest BCUT2D eigenvalue weighted by Gasteiger charge is -2.35. The number of carbonyl (C=O) groups excluding carboxylic acids is 2. The molecule has 0 radical (unpaired) electrons. The van der Waals surface area contributed by atoms with Gasteiger partial charge in [-0.25, -0.2) is 0 Å². The summed E-state index contributed by atoms with van der Waals surface area (Å²) in [6, 6.07) is 0. The fourth-order valence-electron chi connectivity index (χ4n) is 4.07. The van der Waals surface area contributed by atoms with Crippen LogP contribution >= 0.6 is 0 Å². The van der Waals surface area contributed by atoms with E-state index in [-0.39, 0.29) is 11.8 Å². The summed E-state index contributed by atoms with van der Waals surface area (Å²) in [5, 5.41) is 3.37. The molecule has 6 nitrogen and oxygen atoms in total. The Morgan fingerprint density at radius 1 is 0.917 bits per heavy atom. The zero-order valence-corrected chi connectivity index (χ0v) is 14.7. The monoisotopic (exact) mass is 337 g/mol. The van der Waals surface area contributed by atoms with Gasteiger partial charge in [0.05, 0.1) is 13.2 Å². The minimum Gasteiger partial charge on any atom is -0.378 e. The molecule has 3 heterocycles. The number of rotatable bonds is 3. The maximum Gasteiger partial charge on any atom is 0.225 e. The first-order chi connectivity index (χ1) is 11.7. The molecular weight excluding hydrogens is 306 g/mol. The molecule has 0 bridgehead atoms. The van der Waals surface area contributed by atoms with E-state index >= 15 is 0 Å². The van der Waals surface area contributed by atoms with Gasteiger partial charge in [0, 0.05) is 38.5 Å². The average molecular weight is 337 g/mol. The molecule has 2 amide bonds. The first-order valence-electron chi connectivity index (χ1n) is 9.59. The summed E-state index contributed by atoms with van der Waals surface area (Å²) in [5.41, 5.74) is 0. The number of nitrogens with one attached hydrogen (secondary N) is 1. The van der Waals surface area contributed by atoms with Crippen molar-refractivity contribution >= 4 is 11.8 Å². The third kappa shape index (κ3) is 4.70. The zero-order valence-electron chi connectivity index (χ0n) is 14.7. The van der Waals surface area contributed by atoms with Gasteiger partial charge in [0.1, 0.15) is 0 Å². The third-order valence-electron chi connectivity index (χ3n) is 5.68. The number of hydrogen-bond donors (Lipinski definition) is 1. The number of piperidine rings is 1. The number of likely N-dealkylation sites (tertiary alicyclic amines) is 1. The summed E-state index contributed by atoms with van der Waals surface area (Å²) in [4.78, 5) is 29.0. The van der Waals surface area contributed by atoms with Gasteiger partial charge in [-0.1, -0.05) is 0 Å². The standard InChI is InChI=1S/C18H31N3O3/c22-17(20-10-12-24-13-11-20)14-15-4-8-21(9-5-15)18(23)16-2-1-6-19-7-3-16/h15-16,19H,1-14H2. The average Bonchev–Trinajstić information content (AvgIpc) is 2.92. The van der Waals surface area contributed by atoms with E-state index in [2.05, 4.69) is 5.32 Å². The Hall–Kier alpha value is -1.14. The summed E-state index contributed by atoms with van der Waals surface area (Å²) in [5.74, 6) is 1.24. The number of hydrogen-bond acceptors (Lipinski definition) is 4. The van der Waals surface area contributed by atoms with Crippen LogP contribution in [-0.4, -0.2) is 74.1 Å². The molecule has 0 aromatic heterocycles. The molecule has 0 aromatic carbocycles. The smallest absolute Gasteiger partial charge is 0.225 e. The van der Waals surface area contributed by atoms with E-state index in [4.69, 9.17) is 4.74 Å². The molecule has 0 saturated carbocycles. The van der Waals surface area contributed by atoms with Crippen LogP contribution in [-0.2, 0) is 14.3 Å². The Morgan fingerprint density at radius 2 is 1.67 bits per heavy atom. The quantitative estimate of drug-likeness (QED) is 0.830. The Labute approximate surface area is 144 Å². The molecule has 1 N–H and O–H groups in total. The number of carbonyl (C=O) groups is 2. The maximum atomic E-state index is 12.7. The van der Waals surface area contributed by atoms with Crippen LogP contribution in [0.3, 0.4) is 0 Å². The Bertz CT molecular complexity index is 421. The predicted octanol–water partition coefficient (Wildman–Crippen LogP) is 0.864. The molecule has 3 aliphatic rings. The van der Waals surface area contributed by atoms with E-state index < -0.39 is 0 Å². The molecule has 136 valence electrons. The highest BCUT2D eigenvalue weighted by Gasteiger charge is 2.30. The maximum absolute atomic E-state index is 12.7. The van der Waals surface area contributed by atoms with Gasteiger partial charge >= 0.3 is 0 Å². The lowest BCUT2D eigenvalue weighted by atomic mass is 9.91. The van der Waals surface area contributed by atoms with E-state index in [0.29, 0.717) is 31.5 Å². The highest BCUT2D eigenvalue weighted by molar-refractivity contribution is 5.79. The van der Waals surface area contributed by atoms with Crippen LogP contribution in [0.4, 0.5) is 0 Å². The van der Waals surface area contributed by atoms with Crippen molar-refractivity contribution in [2.45, 2.75) is 38.5 Å². The molecule has 1 unspecified atom stereocenters. The van der Waals surface area contributed by atoms with Gasteiger partial charge in [0.15, 0.2) is 0 Å². The number of amides is 2. The third-order valence-corrected chi connectivity index (χ3v) is 5.68. The molecule has 1 atom stereocenters. The van der Waals surface area contributed by atoms with Crippen molar-refractivity contribution in [3.63, 3.8) is 0 Å². The fraction of sp³-hybridized carbons (Fsp3) is 0.889.